The van der Waals surface area contributed by atoms with Crippen LogP contribution in [-0.2, 0) is 4.79 Å². The van der Waals surface area contributed by atoms with Gasteiger partial charge in [-0.05, 0) is 48.1 Å². The number of carbonyl (C=O) groups excluding carboxylic acids is 1. The second kappa shape index (κ2) is 8.60. The summed E-state index contributed by atoms with van der Waals surface area (Å²) in [6.45, 7) is 0. The number of amides is 1. The van der Waals surface area contributed by atoms with Crippen molar-refractivity contribution in [2.75, 3.05) is 12.4 Å². The highest BCUT2D eigenvalue weighted by atomic mass is 32.1. The van der Waals surface area contributed by atoms with Crippen LogP contribution in [0.25, 0.3) is 6.08 Å². The van der Waals surface area contributed by atoms with Gasteiger partial charge < -0.3 is 15.2 Å². The first-order chi connectivity index (χ1) is 12.0. The van der Waals surface area contributed by atoms with Crippen molar-refractivity contribution in [3.8, 4) is 5.75 Å². The summed E-state index contributed by atoms with van der Waals surface area (Å²) in [7, 11) is 1.58. The number of thiocarbonyl (C=S) groups is 1. The molecule has 25 heavy (non-hydrogen) atoms. The molecule has 0 aromatic heterocycles. The van der Waals surface area contributed by atoms with Crippen molar-refractivity contribution in [1.82, 2.24) is 5.32 Å². The zero-order chi connectivity index (χ0) is 18.2. The van der Waals surface area contributed by atoms with Gasteiger partial charge in [0.1, 0.15) is 5.75 Å². The van der Waals surface area contributed by atoms with E-state index in [9.17, 15) is 9.59 Å². The van der Waals surface area contributed by atoms with E-state index >= 15 is 0 Å². The zero-order valence-corrected chi connectivity index (χ0v) is 14.2. The van der Waals surface area contributed by atoms with Gasteiger partial charge in [-0.1, -0.05) is 24.3 Å². The van der Waals surface area contributed by atoms with Crippen LogP contribution in [0.4, 0.5) is 5.69 Å². The maximum absolute atomic E-state index is 11.9. The molecule has 1 amide bonds. The highest BCUT2D eigenvalue weighted by molar-refractivity contribution is 7.80. The molecule has 3 N–H and O–H groups in total. The Labute approximate surface area is 150 Å². The normalized spacial score (nSPS) is 10.3. The number of nitrogens with one attached hydrogen (secondary N) is 2. The molecule has 0 fully saturated rings. The second-order valence-electron chi connectivity index (χ2n) is 4.90. The molecule has 128 valence electrons. The maximum Gasteiger partial charge on any atom is 0.337 e. The van der Waals surface area contributed by atoms with Crippen LogP contribution in [0.3, 0.4) is 0 Å². The number of carboxylic acids is 1. The number of anilines is 1. The van der Waals surface area contributed by atoms with E-state index in [-0.39, 0.29) is 10.7 Å². The van der Waals surface area contributed by atoms with E-state index in [0.717, 1.165) is 11.3 Å². The van der Waals surface area contributed by atoms with Crippen LogP contribution in [0, 0.1) is 0 Å². The second-order valence-corrected chi connectivity index (χ2v) is 5.31. The summed E-state index contributed by atoms with van der Waals surface area (Å²) in [5, 5.41) is 14.3. The van der Waals surface area contributed by atoms with Crippen molar-refractivity contribution in [1.29, 1.82) is 0 Å². The number of ether oxygens (including phenoxy) is 1. The van der Waals surface area contributed by atoms with Crippen molar-refractivity contribution in [3.05, 3.63) is 65.7 Å². The molecule has 0 unspecified atom stereocenters. The van der Waals surface area contributed by atoms with Crippen LogP contribution in [0.2, 0.25) is 0 Å². The van der Waals surface area contributed by atoms with Gasteiger partial charge in [-0.3, -0.25) is 10.1 Å². The standard InChI is InChI=1S/C18H16N2O4S/c1-24-13-9-6-12(7-10-13)8-11-16(21)20-18(25)19-15-5-3-2-4-14(15)17(22)23/h2-11H,1H3,(H,22,23)(H2,19,20,21,25). The molecule has 0 heterocycles. The molecule has 6 nitrogen and oxygen atoms in total. The molecule has 0 aliphatic heterocycles. The van der Waals surface area contributed by atoms with Crippen LogP contribution in [-0.4, -0.2) is 29.2 Å². The van der Waals surface area contributed by atoms with Crippen LogP contribution in [0.1, 0.15) is 15.9 Å². The van der Waals surface area contributed by atoms with Crippen molar-refractivity contribution in [2.45, 2.75) is 0 Å². The van der Waals surface area contributed by atoms with Gasteiger partial charge in [0.15, 0.2) is 5.11 Å². The lowest BCUT2D eigenvalue weighted by molar-refractivity contribution is -0.115. The quantitative estimate of drug-likeness (QED) is 0.564. The molecule has 2 aromatic carbocycles. The first-order valence-electron chi connectivity index (χ1n) is 7.26. The predicted octanol–water partition coefficient (Wildman–Crippen LogP) is 2.92. The third-order valence-corrected chi connectivity index (χ3v) is 3.39. The zero-order valence-electron chi connectivity index (χ0n) is 13.4. The van der Waals surface area contributed by atoms with Gasteiger partial charge in [-0.2, -0.15) is 0 Å². The molecule has 0 aliphatic carbocycles. The monoisotopic (exact) mass is 356 g/mol. The largest absolute Gasteiger partial charge is 0.497 e. The van der Waals surface area contributed by atoms with E-state index in [2.05, 4.69) is 10.6 Å². The molecule has 0 saturated carbocycles. The number of methoxy groups -OCH3 is 1. The van der Waals surface area contributed by atoms with Crippen molar-refractivity contribution in [2.24, 2.45) is 0 Å². The Morgan fingerprint density at radius 2 is 1.80 bits per heavy atom. The third-order valence-electron chi connectivity index (χ3n) is 3.19. The number of carboxylic acid groups (broad SMARTS) is 1. The lowest BCUT2D eigenvalue weighted by atomic mass is 10.2. The van der Waals surface area contributed by atoms with Crippen LogP contribution < -0.4 is 15.4 Å². The molecular formula is C18H16N2O4S. The topological polar surface area (TPSA) is 87.7 Å². The Kier molecular flexibility index (Phi) is 6.25. The van der Waals surface area contributed by atoms with Crippen molar-refractivity contribution in [3.63, 3.8) is 0 Å². The lowest BCUT2D eigenvalue weighted by Crippen LogP contribution is -2.33. The average Bonchev–Trinajstić information content (AvgIpc) is 2.60. The summed E-state index contributed by atoms with van der Waals surface area (Å²) in [6, 6.07) is 13.5. The van der Waals surface area contributed by atoms with E-state index in [0.29, 0.717) is 5.69 Å². The molecule has 0 radical (unpaired) electrons. The van der Waals surface area contributed by atoms with Crippen molar-refractivity contribution < 1.29 is 19.4 Å². The number of carbonyl (C=O) groups is 2. The number of rotatable bonds is 5. The Morgan fingerprint density at radius 3 is 2.44 bits per heavy atom. The van der Waals surface area contributed by atoms with Crippen LogP contribution in [0.15, 0.2) is 54.6 Å². The molecule has 0 spiro atoms. The van der Waals surface area contributed by atoms with E-state index in [4.69, 9.17) is 22.1 Å². The molecule has 0 saturated heterocycles. The van der Waals surface area contributed by atoms with Gasteiger partial charge in [0, 0.05) is 6.08 Å². The van der Waals surface area contributed by atoms with E-state index < -0.39 is 11.9 Å². The summed E-state index contributed by atoms with van der Waals surface area (Å²) in [4.78, 5) is 23.0. The van der Waals surface area contributed by atoms with Crippen LogP contribution >= 0.6 is 12.2 Å². The lowest BCUT2D eigenvalue weighted by Gasteiger charge is -2.10. The molecule has 0 atom stereocenters. The Bertz CT molecular complexity index is 816. The molecule has 0 bridgehead atoms. The van der Waals surface area contributed by atoms with Gasteiger partial charge in [-0.25, -0.2) is 4.79 Å². The fourth-order valence-electron chi connectivity index (χ4n) is 1.97. The Morgan fingerprint density at radius 1 is 1.12 bits per heavy atom. The summed E-state index contributed by atoms with van der Waals surface area (Å²) in [5.41, 5.74) is 1.19. The van der Waals surface area contributed by atoms with E-state index in [1.165, 1.54) is 12.1 Å². The fourth-order valence-corrected chi connectivity index (χ4v) is 2.18. The van der Waals surface area contributed by atoms with E-state index in [1.54, 1.807) is 43.5 Å². The minimum absolute atomic E-state index is 0.0121. The number of hydrogen-bond acceptors (Lipinski definition) is 4. The molecule has 2 rings (SSSR count). The van der Waals surface area contributed by atoms with Gasteiger partial charge in [0.05, 0.1) is 18.4 Å². The maximum atomic E-state index is 11.9. The fraction of sp³-hybridized carbons (Fsp3) is 0.0556. The first kappa shape index (κ1) is 18.2. The third kappa shape index (κ3) is 5.43. The molecule has 0 aliphatic rings. The summed E-state index contributed by atoms with van der Waals surface area (Å²) < 4.78 is 5.06. The summed E-state index contributed by atoms with van der Waals surface area (Å²) in [5.74, 6) is -0.790. The first-order valence-corrected chi connectivity index (χ1v) is 7.67. The van der Waals surface area contributed by atoms with Gasteiger partial charge in [0.2, 0.25) is 5.91 Å². The SMILES string of the molecule is COc1ccc(C=CC(=O)NC(=S)Nc2ccccc2C(=O)O)cc1. The Balaban J connectivity index is 1.95. The van der Waals surface area contributed by atoms with Gasteiger partial charge in [-0.15, -0.1) is 0 Å². The van der Waals surface area contributed by atoms with Gasteiger partial charge >= 0.3 is 5.97 Å². The van der Waals surface area contributed by atoms with Crippen molar-refractivity contribution >= 4 is 41.0 Å². The number of aromatic carboxylic acids is 1. The highest BCUT2D eigenvalue weighted by Crippen LogP contribution is 2.15. The van der Waals surface area contributed by atoms with E-state index in [1.807, 2.05) is 12.1 Å². The molecular weight excluding hydrogens is 340 g/mol. The number of para-hydroxylation sites is 1. The minimum Gasteiger partial charge on any atom is -0.497 e. The number of benzene rings is 2. The minimum atomic E-state index is -1.09. The van der Waals surface area contributed by atoms with Gasteiger partial charge in [0.25, 0.3) is 0 Å². The molecule has 7 heteroatoms. The average molecular weight is 356 g/mol. The smallest absolute Gasteiger partial charge is 0.337 e. The summed E-state index contributed by atoms with van der Waals surface area (Å²) in [6.07, 6.45) is 2.96. The number of hydrogen-bond donors (Lipinski definition) is 3. The predicted molar refractivity (Wildman–Crippen MR) is 99.8 cm³/mol. The molecule has 2 aromatic rings. The Hall–Kier alpha value is -3.19. The summed E-state index contributed by atoms with van der Waals surface area (Å²) >= 11 is 5.04. The van der Waals surface area contributed by atoms with Crippen LogP contribution in [0.5, 0.6) is 5.75 Å². The highest BCUT2D eigenvalue weighted by Gasteiger charge is 2.10.